The van der Waals surface area contributed by atoms with Crippen LogP contribution in [0.5, 0.6) is 0 Å². The maximum Gasteiger partial charge on any atom is 0.377 e. The standard InChI is InChI=1S/C12H18F2N2O4/c1-2-19-10(17)9-6-15-3-4-16(9)7-8-5-12(13,14)11(18)20-8/h8-9,15H,2-7H2,1H3. The van der Waals surface area contributed by atoms with Gasteiger partial charge in [0.25, 0.3) is 0 Å². The van der Waals surface area contributed by atoms with Crippen LogP contribution >= 0.6 is 0 Å². The fourth-order valence-electron chi connectivity index (χ4n) is 2.45. The van der Waals surface area contributed by atoms with Crippen LogP contribution in [0, 0.1) is 0 Å². The van der Waals surface area contributed by atoms with Gasteiger partial charge in [0.05, 0.1) is 13.0 Å². The van der Waals surface area contributed by atoms with Crippen molar-refractivity contribution in [3.8, 4) is 0 Å². The Morgan fingerprint density at radius 2 is 2.35 bits per heavy atom. The van der Waals surface area contributed by atoms with E-state index in [4.69, 9.17) is 4.74 Å². The summed E-state index contributed by atoms with van der Waals surface area (Å²) < 4.78 is 35.9. The van der Waals surface area contributed by atoms with E-state index in [1.807, 2.05) is 0 Å². The number of hydrogen-bond donors (Lipinski definition) is 1. The van der Waals surface area contributed by atoms with Crippen LogP contribution < -0.4 is 5.32 Å². The van der Waals surface area contributed by atoms with Crippen molar-refractivity contribution in [2.45, 2.75) is 31.4 Å². The zero-order chi connectivity index (χ0) is 14.8. The SMILES string of the molecule is CCOC(=O)C1CNCCN1CC1CC(F)(F)C(=O)O1. The van der Waals surface area contributed by atoms with Gasteiger partial charge in [-0.05, 0) is 6.92 Å². The third-order valence-electron chi connectivity index (χ3n) is 3.41. The van der Waals surface area contributed by atoms with Gasteiger partial charge in [-0.25, -0.2) is 4.79 Å². The van der Waals surface area contributed by atoms with Crippen LogP contribution in [0.25, 0.3) is 0 Å². The second-order valence-electron chi connectivity index (χ2n) is 4.90. The number of cyclic esters (lactones) is 1. The molecular formula is C12H18F2N2O4. The number of carbonyl (C=O) groups is 2. The van der Waals surface area contributed by atoms with Crippen LogP contribution in [0.1, 0.15) is 13.3 Å². The zero-order valence-electron chi connectivity index (χ0n) is 11.2. The van der Waals surface area contributed by atoms with Gasteiger partial charge in [-0.2, -0.15) is 8.78 Å². The molecule has 6 nitrogen and oxygen atoms in total. The molecule has 2 aliphatic heterocycles. The Balaban J connectivity index is 1.96. The summed E-state index contributed by atoms with van der Waals surface area (Å²) in [6.07, 6.45) is -1.52. The maximum absolute atomic E-state index is 13.1. The quantitative estimate of drug-likeness (QED) is 0.722. The average molecular weight is 292 g/mol. The molecule has 0 saturated carbocycles. The summed E-state index contributed by atoms with van der Waals surface area (Å²) in [7, 11) is 0. The minimum Gasteiger partial charge on any atom is -0.465 e. The van der Waals surface area contributed by atoms with E-state index < -0.39 is 36.4 Å². The van der Waals surface area contributed by atoms with Crippen LogP contribution in [0.4, 0.5) is 8.78 Å². The van der Waals surface area contributed by atoms with Crippen molar-refractivity contribution in [3.05, 3.63) is 0 Å². The highest BCUT2D eigenvalue weighted by Gasteiger charge is 2.51. The van der Waals surface area contributed by atoms with E-state index >= 15 is 0 Å². The van der Waals surface area contributed by atoms with E-state index in [2.05, 4.69) is 10.1 Å². The zero-order valence-corrected chi connectivity index (χ0v) is 11.2. The fourth-order valence-corrected chi connectivity index (χ4v) is 2.45. The smallest absolute Gasteiger partial charge is 0.377 e. The van der Waals surface area contributed by atoms with Gasteiger partial charge in [-0.3, -0.25) is 9.69 Å². The summed E-state index contributed by atoms with van der Waals surface area (Å²) in [6, 6.07) is -0.531. The first kappa shape index (κ1) is 15.1. The summed E-state index contributed by atoms with van der Waals surface area (Å²) >= 11 is 0. The first-order chi connectivity index (χ1) is 9.44. The number of carbonyl (C=O) groups excluding carboxylic acids is 2. The number of hydrogen-bond acceptors (Lipinski definition) is 6. The number of esters is 2. The van der Waals surface area contributed by atoms with E-state index in [1.165, 1.54) is 0 Å². The highest BCUT2D eigenvalue weighted by Crippen LogP contribution is 2.31. The molecular weight excluding hydrogens is 274 g/mol. The Labute approximate surface area is 115 Å². The molecule has 0 bridgehead atoms. The van der Waals surface area contributed by atoms with Crippen molar-refractivity contribution in [3.63, 3.8) is 0 Å². The first-order valence-electron chi connectivity index (χ1n) is 6.64. The second-order valence-corrected chi connectivity index (χ2v) is 4.90. The van der Waals surface area contributed by atoms with Crippen molar-refractivity contribution in [2.24, 2.45) is 0 Å². The van der Waals surface area contributed by atoms with E-state index in [0.717, 1.165) is 0 Å². The Morgan fingerprint density at radius 3 is 2.95 bits per heavy atom. The van der Waals surface area contributed by atoms with Crippen molar-refractivity contribution >= 4 is 11.9 Å². The van der Waals surface area contributed by atoms with Crippen molar-refractivity contribution in [1.29, 1.82) is 0 Å². The van der Waals surface area contributed by atoms with Crippen LogP contribution in [0.15, 0.2) is 0 Å². The molecule has 0 spiro atoms. The lowest BCUT2D eigenvalue weighted by molar-refractivity contribution is -0.159. The molecule has 8 heteroatoms. The number of nitrogens with one attached hydrogen (secondary N) is 1. The summed E-state index contributed by atoms with van der Waals surface area (Å²) in [5, 5.41) is 3.06. The number of nitrogens with zero attached hydrogens (tertiary/aromatic N) is 1. The molecule has 2 rings (SSSR count). The molecule has 2 atom stereocenters. The number of piperazine rings is 1. The molecule has 2 aliphatic rings. The normalized spacial score (nSPS) is 30.1. The van der Waals surface area contributed by atoms with Gasteiger partial charge in [0.2, 0.25) is 0 Å². The number of alkyl halides is 2. The lowest BCUT2D eigenvalue weighted by atomic mass is 10.1. The van der Waals surface area contributed by atoms with Gasteiger partial charge < -0.3 is 14.8 Å². The number of halogens is 2. The molecule has 2 unspecified atom stereocenters. The average Bonchev–Trinajstić information content (AvgIpc) is 2.63. The van der Waals surface area contributed by atoms with Crippen LogP contribution in [-0.2, 0) is 19.1 Å². The lowest BCUT2D eigenvalue weighted by Gasteiger charge is -2.35. The monoisotopic (exact) mass is 292 g/mol. The summed E-state index contributed by atoms with van der Waals surface area (Å²) in [4.78, 5) is 24.5. The summed E-state index contributed by atoms with van der Waals surface area (Å²) in [5.74, 6) is -5.29. The lowest BCUT2D eigenvalue weighted by Crippen LogP contribution is -2.57. The molecule has 0 aromatic carbocycles. The predicted molar refractivity (Wildman–Crippen MR) is 64.3 cm³/mol. The summed E-state index contributed by atoms with van der Waals surface area (Å²) in [6.45, 7) is 3.65. The Kier molecular flexibility index (Phi) is 4.54. The van der Waals surface area contributed by atoms with E-state index in [1.54, 1.807) is 11.8 Å². The Hall–Kier alpha value is -1.28. The highest BCUT2D eigenvalue weighted by molar-refractivity contribution is 5.79. The summed E-state index contributed by atoms with van der Waals surface area (Å²) in [5.41, 5.74) is 0. The van der Waals surface area contributed by atoms with Gasteiger partial charge >= 0.3 is 17.9 Å². The molecule has 1 N–H and O–H groups in total. The molecule has 2 fully saturated rings. The van der Waals surface area contributed by atoms with E-state index in [0.29, 0.717) is 19.6 Å². The first-order valence-corrected chi connectivity index (χ1v) is 6.64. The third kappa shape index (κ3) is 3.24. The number of rotatable bonds is 4. The highest BCUT2D eigenvalue weighted by atomic mass is 19.3. The predicted octanol–water partition coefficient (Wildman–Crippen LogP) is -0.226. The second kappa shape index (κ2) is 6.01. The molecule has 114 valence electrons. The van der Waals surface area contributed by atoms with Crippen LogP contribution in [0.3, 0.4) is 0 Å². The third-order valence-corrected chi connectivity index (χ3v) is 3.41. The van der Waals surface area contributed by atoms with Crippen molar-refractivity contribution in [2.75, 3.05) is 32.8 Å². The molecule has 2 saturated heterocycles. The Morgan fingerprint density at radius 1 is 1.60 bits per heavy atom. The molecule has 0 amide bonds. The molecule has 0 aromatic rings. The van der Waals surface area contributed by atoms with Gasteiger partial charge in [-0.1, -0.05) is 0 Å². The minimum absolute atomic E-state index is 0.118. The van der Waals surface area contributed by atoms with Crippen LogP contribution in [0.2, 0.25) is 0 Å². The molecule has 2 heterocycles. The Bertz CT molecular complexity index is 392. The van der Waals surface area contributed by atoms with Crippen LogP contribution in [-0.4, -0.2) is 67.7 Å². The topological polar surface area (TPSA) is 67.9 Å². The van der Waals surface area contributed by atoms with Crippen molar-refractivity contribution in [1.82, 2.24) is 10.2 Å². The number of ether oxygens (including phenoxy) is 2. The molecule has 0 aliphatic carbocycles. The van der Waals surface area contributed by atoms with Gasteiger partial charge in [0.15, 0.2) is 0 Å². The molecule has 0 radical (unpaired) electrons. The van der Waals surface area contributed by atoms with Gasteiger partial charge in [0, 0.05) is 26.2 Å². The fraction of sp³-hybridized carbons (Fsp3) is 0.833. The van der Waals surface area contributed by atoms with Gasteiger partial charge in [0.1, 0.15) is 12.1 Å². The largest absolute Gasteiger partial charge is 0.465 e. The molecule has 0 aromatic heterocycles. The maximum atomic E-state index is 13.1. The van der Waals surface area contributed by atoms with Crippen molar-refractivity contribution < 1.29 is 27.8 Å². The van der Waals surface area contributed by atoms with E-state index in [-0.39, 0.29) is 13.2 Å². The minimum atomic E-state index is -3.42. The molecule has 20 heavy (non-hydrogen) atoms. The van der Waals surface area contributed by atoms with E-state index in [9.17, 15) is 18.4 Å². The van der Waals surface area contributed by atoms with Gasteiger partial charge in [-0.15, -0.1) is 0 Å².